The van der Waals surface area contributed by atoms with Crippen LogP contribution < -0.4 is 4.72 Å². The molecule has 0 radical (unpaired) electrons. The lowest BCUT2D eigenvalue weighted by molar-refractivity contribution is -0.385. The third-order valence-corrected chi connectivity index (χ3v) is 6.58. The smallest absolute Gasteiger partial charge is 0.340 e. The maximum atomic E-state index is 12.7. The third kappa shape index (κ3) is 6.14. The number of hydrogen-bond donors (Lipinski definition) is 1. The molecule has 0 aliphatic rings. The summed E-state index contributed by atoms with van der Waals surface area (Å²) < 4.78 is 32.8. The number of carbonyl (C=O) groups is 2. The van der Waals surface area contributed by atoms with Crippen molar-refractivity contribution < 1.29 is 27.7 Å². The van der Waals surface area contributed by atoms with E-state index >= 15 is 0 Å². The number of esters is 1. The summed E-state index contributed by atoms with van der Waals surface area (Å²) in [4.78, 5) is 36.1. The number of thiophene rings is 1. The summed E-state index contributed by atoms with van der Waals surface area (Å²) in [6.45, 7) is -0.162. The van der Waals surface area contributed by atoms with E-state index in [-0.39, 0.29) is 16.1 Å². The molecule has 0 aliphatic heterocycles. The highest BCUT2D eigenvalue weighted by atomic mass is 32.2. The summed E-state index contributed by atoms with van der Waals surface area (Å²) in [5, 5.41) is 14.7. The molecule has 3 rings (SSSR count). The second-order valence-corrected chi connectivity index (χ2v) is 9.33. The van der Waals surface area contributed by atoms with E-state index in [2.05, 4.69) is 4.72 Å². The highest BCUT2D eigenvalue weighted by Gasteiger charge is 2.22. The molecule has 0 fully saturated rings. The number of non-ortho nitro benzene ring substituents is 1. The number of carbonyl (C=O) groups excluding carboxylic acids is 2. The van der Waals surface area contributed by atoms with Gasteiger partial charge in [-0.25, -0.2) is 13.2 Å². The van der Waals surface area contributed by atoms with Crippen molar-refractivity contribution in [3.8, 4) is 0 Å². The molecule has 0 saturated carbocycles. The van der Waals surface area contributed by atoms with Gasteiger partial charge in [0.2, 0.25) is 0 Å². The van der Waals surface area contributed by atoms with Gasteiger partial charge in [0, 0.05) is 25.7 Å². The molecule has 0 aliphatic carbocycles. The van der Waals surface area contributed by atoms with Gasteiger partial charge in [-0.05, 0) is 40.6 Å². The summed E-state index contributed by atoms with van der Waals surface area (Å²) in [6, 6.07) is 12.1. The molecule has 12 heteroatoms. The van der Waals surface area contributed by atoms with Crippen LogP contribution in [-0.4, -0.2) is 43.8 Å². The number of nitro groups is 1. The first kappa shape index (κ1) is 23.9. The maximum absolute atomic E-state index is 12.7. The molecule has 0 saturated heterocycles. The predicted octanol–water partition coefficient (Wildman–Crippen LogP) is 3.27. The van der Waals surface area contributed by atoms with Crippen molar-refractivity contribution in [1.29, 1.82) is 0 Å². The Kier molecular flexibility index (Phi) is 7.41. The molecular weight excluding hydrogens is 470 g/mol. The number of rotatable bonds is 9. The van der Waals surface area contributed by atoms with Gasteiger partial charge in [-0.3, -0.25) is 19.6 Å². The number of nitrogens with zero attached hydrogens (tertiary/aromatic N) is 2. The summed E-state index contributed by atoms with van der Waals surface area (Å²) in [5.74, 6) is -1.33. The Morgan fingerprint density at radius 3 is 2.61 bits per heavy atom. The molecule has 1 heterocycles. The monoisotopic (exact) mass is 489 g/mol. The van der Waals surface area contributed by atoms with Crippen molar-refractivity contribution in [3.05, 3.63) is 86.6 Å². The lowest BCUT2D eigenvalue weighted by atomic mass is 10.2. The molecule has 3 aromatic rings. The molecule has 0 bridgehead atoms. The molecule has 0 atom stereocenters. The van der Waals surface area contributed by atoms with E-state index in [9.17, 15) is 28.1 Å². The average molecular weight is 490 g/mol. The van der Waals surface area contributed by atoms with E-state index in [0.29, 0.717) is 6.54 Å². The van der Waals surface area contributed by atoms with E-state index in [1.807, 2.05) is 16.8 Å². The second-order valence-electron chi connectivity index (χ2n) is 6.86. The summed E-state index contributed by atoms with van der Waals surface area (Å²) in [5.41, 5.74) is 0.353. The first-order chi connectivity index (χ1) is 15.7. The van der Waals surface area contributed by atoms with Gasteiger partial charge in [0.05, 0.1) is 21.1 Å². The average Bonchev–Trinajstić information content (AvgIpc) is 3.30. The van der Waals surface area contributed by atoms with Crippen molar-refractivity contribution in [2.75, 3.05) is 18.4 Å². The summed E-state index contributed by atoms with van der Waals surface area (Å²) in [6.07, 6.45) is 0. The first-order valence-corrected chi connectivity index (χ1v) is 11.9. The van der Waals surface area contributed by atoms with E-state index in [1.165, 1.54) is 52.6 Å². The lowest BCUT2D eigenvalue weighted by Crippen LogP contribution is -2.30. The molecule has 1 N–H and O–H groups in total. The van der Waals surface area contributed by atoms with Crippen LogP contribution in [0.2, 0.25) is 0 Å². The number of nitro benzene ring substituents is 1. The number of amides is 1. The fourth-order valence-electron chi connectivity index (χ4n) is 2.78. The molecule has 33 heavy (non-hydrogen) atoms. The lowest BCUT2D eigenvalue weighted by Gasteiger charge is -2.17. The fraction of sp³-hybridized carbons (Fsp3) is 0.143. The molecule has 1 amide bonds. The van der Waals surface area contributed by atoms with Gasteiger partial charge in [-0.2, -0.15) is 11.3 Å². The third-order valence-electron chi connectivity index (χ3n) is 4.48. The normalized spacial score (nSPS) is 10.9. The standard InChI is InChI=1S/C21H19N3O7S2/c1-23(12-15-9-10-32-14-15)20(25)13-31-21(26)18-7-2-3-8-19(18)22-33(29,30)17-6-4-5-16(11-17)24(27)28/h2-11,14,22H,12-13H2,1H3. The number of likely N-dealkylation sites (N-methyl/N-ethyl adjacent to an activating group) is 1. The van der Waals surface area contributed by atoms with Gasteiger partial charge < -0.3 is 9.64 Å². The molecular formula is C21H19N3O7S2. The van der Waals surface area contributed by atoms with Crippen molar-refractivity contribution in [2.24, 2.45) is 0 Å². The largest absolute Gasteiger partial charge is 0.452 e. The molecule has 10 nitrogen and oxygen atoms in total. The van der Waals surface area contributed by atoms with Crippen molar-refractivity contribution in [2.45, 2.75) is 11.4 Å². The van der Waals surface area contributed by atoms with E-state index < -0.39 is 39.1 Å². The number of ether oxygens (including phenoxy) is 1. The minimum atomic E-state index is -4.24. The van der Waals surface area contributed by atoms with Gasteiger partial charge in [-0.15, -0.1) is 0 Å². The van der Waals surface area contributed by atoms with Crippen LogP contribution in [0, 0.1) is 10.1 Å². The highest BCUT2D eigenvalue weighted by Crippen LogP contribution is 2.23. The van der Waals surface area contributed by atoms with Crippen molar-refractivity contribution in [1.82, 2.24) is 4.90 Å². The zero-order valence-electron chi connectivity index (χ0n) is 17.3. The quantitative estimate of drug-likeness (QED) is 0.277. The van der Waals surface area contributed by atoms with Crippen LogP contribution in [0.15, 0.2) is 70.3 Å². The van der Waals surface area contributed by atoms with E-state index in [0.717, 1.165) is 17.7 Å². The molecule has 1 aromatic heterocycles. The molecule has 172 valence electrons. The van der Waals surface area contributed by atoms with Gasteiger partial charge in [0.25, 0.3) is 21.6 Å². The number of para-hydroxylation sites is 1. The minimum absolute atomic E-state index is 0.0897. The Labute approximate surface area is 193 Å². The Hall–Kier alpha value is -3.77. The van der Waals surface area contributed by atoms with Crippen LogP contribution in [0.4, 0.5) is 11.4 Å². The fourth-order valence-corrected chi connectivity index (χ4v) is 4.56. The summed E-state index contributed by atoms with van der Waals surface area (Å²) in [7, 11) is -2.66. The Balaban J connectivity index is 1.70. The van der Waals surface area contributed by atoms with Gasteiger partial charge >= 0.3 is 5.97 Å². The van der Waals surface area contributed by atoms with E-state index in [4.69, 9.17) is 4.74 Å². The number of nitrogens with one attached hydrogen (secondary N) is 1. The predicted molar refractivity (Wildman–Crippen MR) is 121 cm³/mol. The Morgan fingerprint density at radius 1 is 1.15 bits per heavy atom. The van der Waals surface area contributed by atoms with E-state index in [1.54, 1.807) is 7.05 Å². The zero-order valence-corrected chi connectivity index (χ0v) is 19.0. The van der Waals surface area contributed by atoms with Crippen LogP contribution in [0.5, 0.6) is 0 Å². The SMILES string of the molecule is CN(Cc1ccsc1)C(=O)COC(=O)c1ccccc1NS(=O)(=O)c1cccc([N+](=O)[O-])c1. The van der Waals surface area contributed by atoms with Crippen LogP contribution in [0.3, 0.4) is 0 Å². The number of sulfonamides is 1. The Morgan fingerprint density at radius 2 is 1.91 bits per heavy atom. The Bertz CT molecular complexity index is 1270. The van der Waals surface area contributed by atoms with Crippen LogP contribution in [0.1, 0.15) is 15.9 Å². The van der Waals surface area contributed by atoms with Gasteiger partial charge in [0.1, 0.15) is 0 Å². The number of anilines is 1. The van der Waals surface area contributed by atoms with Crippen molar-refractivity contribution in [3.63, 3.8) is 0 Å². The number of hydrogen-bond acceptors (Lipinski definition) is 8. The highest BCUT2D eigenvalue weighted by molar-refractivity contribution is 7.92. The zero-order chi connectivity index (χ0) is 24.0. The second kappa shape index (κ2) is 10.2. The first-order valence-electron chi connectivity index (χ1n) is 9.46. The molecule has 2 aromatic carbocycles. The van der Waals surface area contributed by atoms with Crippen molar-refractivity contribution >= 4 is 44.6 Å². The van der Waals surface area contributed by atoms with Gasteiger partial charge in [-0.1, -0.05) is 18.2 Å². The van der Waals surface area contributed by atoms with Crippen LogP contribution in [0.25, 0.3) is 0 Å². The van der Waals surface area contributed by atoms with Crippen LogP contribution >= 0.6 is 11.3 Å². The molecule has 0 spiro atoms. The number of benzene rings is 2. The van der Waals surface area contributed by atoms with Gasteiger partial charge in [0.15, 0.2) is 6.61 Å². The maximum Gasteiger partial charge on any atom is 0.340 e. The van der Waals surface area contributed by atoms with Crippen LogP contribution in [-0.2, 0) is 26.1 Å². The topological polar surface area (TPSA) is 136 Å². The summed E-state index contributed by atoms with van der Waals surface area (Å²) >= 11 is 1.50. The molecule has 0 unspecified atom stereocenters. The minimum Gasteiger partial charge on any atom is -0.452 e.